The van der Waals surface area contributed by atoms with Gasteiger partial charge in [0.2, 0.25) is 0 Å². The highest BCUT2D eigenvalue weighted by Gasteiger charge is 2.42. The monoisotopic (exact) mass is 282 g/mol. The van der Waals surface area contributed by atoms with Gasteiger partial charge in [-0.05, 0) is 65.6 Å². The summed E-state index contributed by atoms with van der Waals surface area (Å²) in [6.45, 7) is 4.39. The molecule has 20 heavy (non-hydrogen) atoms. The maximum atomic E-state index is 5.82. The zero-order valence-corrected chi connectivity index (χ0v) is 13.8. The van der Waals surface area contributed by atoms with Crippen LogP contribution in [0.1, 0.15) is 64.7 Å². The van der Waals surface area contributed by atoms with Gasteiger partial charge in [0.15, 0.2) is 0 Å². The molecule has 1 N–H and O–H groups in total. The molecule has 1 heterocycles. The molecule has 1 saturated heterocycles. The zero-order valence-electron chi connectivity index (χ0n) is 13.8. The van der Waals surface area contributed by atoms with Crippen LogP contribution in [-0.4, -0.2) is 49.8 Å². The Kier molecular flexibility index (Phi) is 6.31. The maximum absolute atomic E-state index is 5.82. The second-order valence-electron chi connectivity index (χ2n) is 6.92. The van der Waals surface area contributed by atoms with Crippen molar-refractivity contribution in [3.8, 4) is 0 Å². The fraction of sp³-hybridized carbons (Fsp3) is 1.00. The SMILES string of the molecule is CCCNC(CCC1CCCO1)C1(N(C)C)CCCC1. The largest absolute Gasteiger partial charge is 0.378 e. The van der Waals surface area contributed by atoms with Gasteiger partial charge in [0.05, 0.1) is 6.10 Å². The van der Waals surface area contributed by atoms with E-state index in [9.17, 15) is 0 Å². The Bertz CT molecular complexity index is 268. The van der Waals surface area contributed by atoms with Gasteiger partial charge in [-0.15, -0.1) is 0 Å². The molecule has 3 heteroatoms. The number of hydrogen-bond donors (Lipinski definition) is 1. The number of likely N-dealkylation sites (N-methyl/N-ethyl adjacent to an activating group) is 1. The molecule has 1 aliphatic carbocycles. The third-order valence-corrected chi connectivity index (χ3v) is 5.45. The Hall–Kier alpha value is -0.120. The van der Waals surface area contributed by atoms with E-state index in [-0.39, 0.29) is 0 Å². The topological polar surface area (TPSA) is 24.5 Å². The Labute approximate surface area is 125 Å². The number of hydrogen-bond acceptors (Lipinski definition) is 3. The molecule has 118 valence electrons. The number of rotatable bonds is 8. The van der Waals surface area contributed by atoms with E-state index in [4.69, 9.17) is 4.74 Å². The van der Waals surface area contributed by atoms with Crippen LogP contribution in [0.15, 0.2) is 0 Å². The smallest absolute Gasteiger partial charge is 0.0576 e. The van der Waals surface area contributed by atoms with E-state index in [0.717, 1.165) is 13.2 Å². The van der Waals surface area contributed by atoms with E-state index in [2.05, 4.69) is 31.2 Å². The van der Waals surface area contributed by atoms with Crippen molar-refractivity contribution >= 4 is 0 Å². The van der Waals surface area contributed by atoms with Crippen LogP contribution in [0.2, 0.25) is 0 Å². The minimum atomic E-state index is 0.383. The molecule has 3 nitrogen and oxygen atoms in total. The van der Waals surface area contributed by atoms with E-state index in [0.29, 0.717) is 17.7 Å². The second kappa shape index (κ2) is 7.77. The molecule has 1 saturated carbocycles. The van der Waals surface area contributed by atoms with Crippen molar-refractivity contribution in [3.05, 3.63) is 0 Å². The average Bonchev–Trinajstić information content (AvgIpc) is 3.10. The normalized spacial score (nSPS) is 27.3. The lowest BCUT2D eigenvalue weighted by atomic mass is 9.83. The lowest BCUT2D eigenvalue weighted by molar-refractivity contribution is 0.0707. The van der Waals surface area contributed by atoms with E-state index < -0.39 is 0 Å². The third kappa shape index (κ3) is 3.75. The molecule has 2 fully saturated rings. The fourth-order valence-electron chi connectivity index (χ4n) is 4.20. The first-order chi connectivity index (χ1) is 9.69. The van der Waals surface area contributed by atoms with E-state index in [1.165, 1.54) is 57.8 Å². The number of ether oxygens (including phenoxy) is 1. The first-order valence-electron chi connectivity index (χ1n) is 8.71. The van der Waals surface area contributed by atoms with Gasteiger partial charge in [-0.2, -0.15) is 0 Å². The summed E-state index contributed by atoms with van der Waals surface area (Å²) in [5.74, 6) is 0. The average molecular weight is 282 g/mol. The Morgan fingerprint density at radius 3 is 2.55 bits per heavy atom. The molecular formula is C17H34N2O. The van der Waals surface area contributed by atoms with Crippen LogP contribution in [-0.2, 0) is 4.74 Å². The molecular weight excluding hydrogens is 248 g/mol. The van der Waals surface area contributed by atoms with Crippen molar-refractivity contribution < 1.29 is 4.74 Å². The maximum Gasteiger partial charge on any atom is 0.0576 e. The van der Waals surface area contributed by atoms with E-state index >= 15 is 0 Å². The molecule has 1 aliphatic heterocycles. The van der Waals surface area contributed by atoms with Crippen molar-refractivity contribution in [3.63, 3.8) is 0 Å². The van der Waals surface area contributed by atoms with Gasteiger partial charge in [-0.1, -0.05) is 19.8 Å². The molecule has 0 bridgehead atoms. The molecule has 0 radical (unpaired) electrons. The highest BCUT2D eigenvalue weighted by atomic mass is 16.5. The molecule has 2 rings (SSSR count). The standard InChI is InChI=1S/C17H34N2O/c1-4-13-18-16(10-9-15-8-7-14-20-15)17(19(2)3)11-5-6-12-17/h15-16,18H,4-14H2,1-3H3. The quantitative estimate of drug-likeness (QED) is 0.740. The fourth-order valence-corrected chi connectivity index (χ4v) is 4.20. The number of nitrogens with one attached hydrogen (secondary N) is 1. The van der Waals surface area contributed by atoms with Crippen molar-refractivity contribution in [1.82, 2.24) is 10.2 Å². The van der Waals surface area contributed by atoms with Gasteiger partial charge in [-0.25, -0.2) is 0 Å². The van der Waals surface area contributed by atoms with Crippen LogP contribution in [0.3, 0.4) is 0 Å². The Morgan fingerprint density at radius 2 is 2.00 bits per heavy atom. The van der Waals surface area contributed by atoms with E-state index in [1.807, 2.05) is 0 Å². The summed E-state index contributed by atoms with van der Waals surface area (Å²) >= 11 is 0. The van der Waals surface area contributed by atoms with Gasteiger partial charge in [0.25, 0.3) is 0 Å². The molecule has 0 aromatic heterocycles. The summed E-state index contributed by atoms with van der Waals surface area (Å²) in [5, 5.41) is 3.86. The van der Waals surface area contributed by atoms with Gasteiger partial charge in [0, 0.05) is 18.2 Å². The summed E-state index contributed by atoms with van der Waals surface area (Å²) in [6, 6.07) is 0.629. The van der Waals surface area contributed by atoms with Gasteiger partial charge in [0.1, 0.15) is 0 Å². The highest BCUT2D eigenvalue weighted by Crippen LogP contribution is 2.38. The first kappa shape index (κ1) is 16.3. The molecule has 0 aromatic carbocycles. The van der Waals surface area contributed by atoms with Crippen LogP contribution in [0.5, 0.6) is 0 Å². The summed E-state index contributed by atoms with van der Waals surface area (Å²) in [6.07, 6.45) is 12.3. The van der Waals surface area contributed by atoms with Crippen molar-refractivity contribution in [1.29, 1.82) is 0 Å². The van der Waals surface area contributed by atoms with Crippen molar-refractivity contribution in [2.24, 2.45) is 0 Å². The predicted octanol–water partition coefficient (Wildman–Crippen LogP) is 3.19. The predicted molar refractivity (Wildman–Crippen MR) is 85.2 cm³/mol. The van der Waals surface area contributed by atoms with Gasteiger partial charge < -0.3 is 15.0 Å². The van der Waals surface area contributed by atoms with Gasteiger partial charge >= 0.3 is 0 Å². The van der Waals surface area contributed by atoms with Crippen LogP contribution in [0.4, 0.5) is 0 Å². The van der Waals surface area contributed by atoms with Gasteiger partial charge in [-0.3, -0.25) is 0 Å². The highest BCUT2D eigenvalue weighted by molar-refractivity contribution is 5.02. The summed E-state index contributed by atoms with van der Waals surface area (Å²) in [4.78, 5) is 2.50. The Balaban J connectivity index is 1.96. The summed E-state index contributed by atoms with van der Waals surface area (Å²) < 4.78 is 5.82. The number of nitrogens with zero attached hydrogens (tertiary/aromatic N) is 1. The molecule has 2 atom stereocenters. The summed E-state index contributed by atoms with van der Waals surface area (Å²) in [5.41, 5.74) is 0.383. The third-order valence-electron chi connectivity index (χ3n) is 5.45. The lowest BCUT2D eigenvalue weighted by Crippen LogP contribution is -2.57. The van der Waals surface area contributed by atoms with E-state index in [1.54, 1.807) is 0 Å². The molecule has 2 aliphatic rings. The minimum absolute atomic E-state index is 0.383. The summed E-state index contributed by atoms with van der Waals surface area (Å²) in [7, 11) is 4.55. The molecule has 0 amide bonds. The van der Waals surface area contributed by atoms with Crippen LogP contribution >= 0.6 is 0 Å². The molecule has 0 spiro atoms. The zero-order chi connectivity index (χ0) is 14.4. The Morgan fingerprint density at radius 1 is 1.25 bits per heavy atom. The van der Waals surface area contributed by atoms with Crippen LogP contribution in [0.25, 0.3) is 0 Å². The van der Waals surface area contributed by atoms with Crippen molar-refractivity contribution in [2.75, 3.05) is 27.2 Å². The second-order valence-corrected chi connectivity index (χ2v) is 6.92. The molecule has 2 unspecified atom stereocenters. The molecule has 0 aromatic rings. The minimum Gasteiger partial charge on any atom is -0.378 e. The van der Waals surface area contributed by atoms with Crippen LogP contribution < -0.4 is 5.32 Å². The van der Waals surface area contributed by atoms with Crippen LogP contribution in [0, 0.1) is 0 Å². The lowest BCUT2D eigenvalue weighted by Gasteiger charge is -2.44. The van der Waals surface area contributed by atoms with Crippen molar-refractivity contribution in [2.45, 2.75) is 82.4 Å². The first-order valence-corrected chi connectivity index (χ1v) is 8.71.